The monoisotopic (exact) mass is 395 g/mol. The fourth-order valence-electron chi connectivity index (χ4n) is 1.96. The molecule has 0 saturated carbocycles. The molecule has 4 nitrogen and oxygen atoms in total. The highest BCUT2D eigenvalue weighted by Gasteiger charge is 2.65. The Morgan fingerprint density at radius 3 is 2.19 bits per heavy atom. The molecular weight excluding hydrogens is 381 g/mol. The van der Waals surface area contributed by atoms with Gasteiger partial charge in [-0.15, -0.1) is 0 Å². The first kappa shape index (κ1) is 19.6. The lowest BCUT2D eigenvalue weighted by atomic mass is 10.2. The normalized spacial score (nSPS) is 14.5. The summed E-state index contributed by atoms with van der Waals surface area (Å²) < 4.78 is 67.9. The molecule has 0 spiro atoms. The number of phenols is 1. The number of methoxy groups -OCH3 is 1. The number of carbonyl (C=O) groups is 1. The standard InChI is InChI=1S/C16H14F5NO3S/c1-25-15-8-2-11(10-14(15)23)3-9-16(24)22-12-4-6-13(7-5-12)26(17,18,19,20)21/h2-10,23H,1H3,(H,22,24)/b9-3+. The molecule has 0 saturated heterocycles. The van der Waals surface area contributed by atoms with E-state index in [1.54, 1.807) is 6.07 Å². The fourth-order valence-corrected chi connectivity index (χ4v) is 2.61. The molecule has 0 aromatic heterocycles. The molecule has 0 heterocycles. The lowest BCUT2D eigenvalue weighted by Crippen LogP contribution is -2.09. The van der Waals surface area contributed by atoms with Crippen LogP contribution in [0, 0.1) is 0 Å². The van der Waals surface area contributed by atoms with Crippen molar-refractivity contribution in [2.75, 3.05) is 12.4 Å². The van der Waals surface area contributed by atoms with Gasteiger partial charge in [0, 0.05) is 11.8 Å². The second-order valence-electron chi connectivity index (χ2n) is 5.25. The highest BCUT2D eigenvalue weighted by molar-refractivity contribution is 8.45. The molecule has 0 aliphatic heterocycles. The minimum absolute atomic E-state index is 0.0807. The van der Waals surface area contributed by atoms with Crippen LogP contribution in [0.2, 0.25) is 0 Å². The number of phenolic OH excluding ortho intramolecular Hbond substituents is 1. The van der Waals surface area contributed by atoms with Gasteiger partial charge in [-0.2, -0.15) is 0 Å². The molecule has 1 amide bonds. The van der Waals surface area contributed by atoms with E-state index in [1.807, 2.05) is 0 Å². The second kappa shape index (κ2) is 5.90. The van der Waals surface area contributed by atoms with Crippen LogP contribution in [0.3, 0.4) is 0 Å². The largest absolute Gasteiger partial charge is 0.504 e. The first-order chi connectivity index (χ1) is 11.8. The van der Waals surface area contributed by atoms with Crippen LogP contribution in [-0.4, -0.2) is 18.1 Å². The van der Waals surface area contributed by atoms with Crippen LogP contribution in [-0.2, 0) is 4.79 Å². The van der Waals surface area contributed by atoms with Gasteiger partial charge in [0.05, 0.1) is 7.11 Å². The van der Waals surface area contributed by atoms with E-state index in [9.17, 15) is 29.3 Å². The molecule has 0 unspecified atom stereocenters. The summed E-state index contributed by atoms with van der Waals surface area (Å²) in [5.74, 6) is -0.585. The molecular formula is C16H14F5NO3S. The van der Waals surface area contributed by atoms with E-state index >= 15 is 0 Å². The summed E-state index contributed by atoms with van der Waals surface area (Å²) >= 11 is 0. The van der Waals surface area contributed by atoms with Crippen molar-refractivity contribution in [3.05, 3.63) is 54.1 Å². The summed E-state index contributed by atoms with van der Waals surface area (Å²) in [5.41, 5.74) is 0.387. The van der Waals surface area contributed by atoms with Crippen molar-refractivity contribution >= 4 is 27.9 Å². The smallest absolute Gasteiger partial charge is 0.310 e. The maximum Gasteiger partial charge on any atom is 0.310 e. The lowest BCUT2D eigenvalue weighted by molar-refractivity contribution is -0.111. The van der Waals surface area contributed by atoms with Crippen molar-refractivity contribution in [3.8, 4) is 11.5 Å². The van der Waals surface area contributed by atoms with Gasteiger partial charge in [0.25, 0.3) is 0 Å². The number of ether oxygens (including phenoxy) is 1. The fraction of sp³-hybridized carbons (Fsp3) is 0.0625. The topological polar surface area (TPSA) is 58.6 Å². The van der Waals surface area contributed by atoms with E-state index in [-0.39, 0.29) is 29.3 Å². The lowest BCUT2D eigenvalue weighted by Gasteiger charge is -2.40. The summed E-state index contributed by atoms with van der Waals surface area (Å²) in [6, 6.07) is 6.27. The van der Waals surface area contributed by atoms with E-state index in [0.717, 1.165) is 18.2 Å². The summed E-state index contributed by atoms with van der Waals surface area (Å²) in [4.78, 5) is 9.72. The van der Waals surface area contributed by atoms with Crippen LogP contribution in [0.5, 0.6) is 11.5 Å². The summed E-state index contributed by atoms with van der Waals surface area (Å²) in [6.07, 6.45) is 2.41. The van der Waals surface area contributed by atoms with Crippen LogP contribution in [0.1, 0.15) is 5.56 Å². The highest BCUT2D eigenvalue weighted by atomic mass is 32.5. The van der Waals surface area contributed by atoms with E-state index < -0.39 is 21.0 Å². The predicted octanol–water partition coefficient (Wildman–Crippen LogP) is 5.71. The number of rotatable bonds is 5. The average Bonchev–Trinajstić information content (AvgIpc) is 2.51. The van der Waals surface area contributed by atoms with Crippen molar-refractivity contribution in [1.82, 2.24) is 0 Å². The third kappa shape index (κ3) is 5.12. The number of hydrogen-bond acceptors (Lipinski definition) is 3. The van der Waals surface area contributed by atoms with E-state index in [0.29, 0.717) is 5.56 Å². The minimum atomic E-state index is -9.74. The predicted molar refractivity (Wildman–Crippen MR) is 90.2 cm³/mol. The molecule has 26 heavy (non-hydrogen) atoms. The zero-order valence-corrected chi connectivity index (χ0v) is 14.1. The molecule has 0 atom stereocenters. The van der Waals surface area contributed by atoms with Gasteiger partial charge >= 0.3 is 10.2 Å². The first-order valence-corrected chi connectivity index (χ1v) is 8.94. The number of halogens is 5. The number of nitrogens with one attached hydrogen (secondary N) is 1. The van der Waals surface area contributed by atoms with Crippen molar-refractivity contribution in [3.63, 3.8) is 0 Å². The molecule has 0 aliphatic carbocycles. The van der Waals surface area contributed by atoms with E-state index in [4.69, 9.17) is 4.74 Å². The molecule has 0 aliphatic rings. The molecule has 0 bridgehead atoms. The summed E-state index contributed by atoms with van der Waals surface area (Å²) in [6.45, 7) is 0. The molecule has 0 radical (unpaired) electrons. The maximum atomic E-state index is 12.6. The van der Waals surface area contributed by atoms with Gasteiger partial charge in [-0.1, -0.05) is 25.5 Å². The maximum absolute atomic E-state index is 12.6. The third-order valence-electron chi connectivity index (χ3n) is 3.20. The number of amides is 1. The van der Waals surface area contributed by atoms with E-state index in [1.165, 1.54) is 25.3 Å². The van der Waals surface area contributed by atoms with Gasteiger partial charge in [0.2, 0.25) is 5.91 Å². The Morgan fingerprint density at radius 1 is 1.08 bits per heavy atom. The summed E-state index contributed by atoms with van der Waals surface area (Å²) in [7, 11) is -8.36. The Bertz CT molecular complexity index is 864. The van der Waals surface area contributed by atoms with Crippen LogP contribution < -0.4 is 10.1 Å². The number of aromatic hydroxyl groups is 1. The highest BCUT2D eigenvalue weighted by Crippen LogP contribution is 3.02. The number of anilines is 1. The Balaban J connectivity index is 2.08. The van der Waals surface area contributed by atoms with Gasteiger partial charge in [0.15, 0.2) is 11.5 Å². The zero-order valence-electron chi connectivity index (χ0n) is 13.3. The van der Waals surface area contributed by atoms with Gasteiger partial charge in [-0.3, -0.25) is 4.79 Å². The summed E-state index contributed by atoms with van der Waals surface area (Å²) in [5, 5.41) is 11.9. The van der Waals surface area contributed by atoms with Crippen LogP contribution in [0.15, 0.2) is 53.4 Å². The quantitative estimate of drug-likeness (QED) is 0.504. The Hall–Kier alpha value is -2.75. The number of carbonyl (C=O) groups excluding carboxylic acids is 1. The molecule has 0 fully saturated rings. The molecule has 2 aromatic rings. The molecule has 2 N–H and O–H groups in total. The van der Waals surface area contributed by atoms with Gasteiger partial charge < -0.3 is 15.2 Å². The van der Waals surface area contributed by atoms with Crippen molar-refractivity contribution < 1.29 is 34.1 Å². The number of benzene rings is 2. The minimum Gasteiger partial charge on any atom is -0.504 e. The Kier molecular flexibility index (Phi) is 4.45. The van der Waals surface area contributed by atoms with Crippen LogP contribution >= 0.6 is 10.2 Å². The van der Waals surface area contributed by atoms with Gasteiger partial charge in [-0.05, 0) is 48.0 Å². The molecule has 142 valence electrons. The average molecular weight is 395 g/mol. The molecule has 10 heteroatoms. The first-order valence-electron chi connectivity index (χ1n) is 6.99. The SMILES string of the molecule is COc1ccc(/C=C/C(=O)Nc2ccc(S(F)(F)(F)(F)F)cc2)cc1O. The van der Waals surface area contributed by atoms with Crippen molar-refractivity contribution in [1.29, 1.82) is 0 Å². The third-order valence-corrected chi connectivity index (χ3v) is 4.36. The van der Waals surface area contributed by atoms with Gasteiger partial charge in [0.1, 0.15) is 4.90 Å². The molecule has 2 rings (SSSR count). The second-order valence-corrected chi connectivity index (χ2v) is 7.66. The van der Waals surface area contributed by atoms with Crippen LogP contribution in [0.25, 0.3) is 6.08 Å². The van der Waals surface area contributed by atoms with Crippen molar-refractivity contribution in [2.45, 2.75) is 4.90 Å². The number of hydrogen-bond donors (Lipinski definition) is 2. The Labute approximate surface area is 145 Å². The van der Waals surface area contributed by atoms with Crippen molar-refractivity contribution in [2.24, 2.45) is 0 Å². The van der Waals surface area contributed by atoms with Gasteiger partial charge in [-0.25, -0.2) is 0 Å². The zero-order chi connectivity index (χ0) is 19.7. The van der Waals surface area contributed by atoms with E-state index in [2.05, 4.69) is 5.32 Å². The van der Waals surface area contributed by atoms with Crippen LogP contribution in [0.4, 0.5) is 25.1 Å². The molecule has 2 aromatic carbocycles. The Morgan fingerprint density at radius 2 is 1.69 bits per heavy atom.